The summed E-state index contributed by atoms with van der Waals surface area (Å²) in [5, 5.41) is 0. The number of hydrogen-bond donors (Lipinski definition) is 0. The van der Waals surface area contributed by atoms with E-state index in [9.17, 15) is 4.79 Å². The molecule has 0 atom stereocenters. The maximum atomic E-state index is 12.4. The van der Waals surface area contributed by atoms with Gasteiger partial charge in [0.15, 0.2) is 12.1 Å². The zero-order valence-electron chi connectivity index (χ0n) is 13.0. The summed E-state index contributed by atoms with van der Waals surface area (Å²) in [5.74, 6) is 1.33. The van der Waals surface area contributed by atoms with Gasteiger partial charge in [0, 0.05) is 13.1 Å². The van der Waals surface area contributed by atoms with E-state index in [4.69, 9.17) is 4.42 Å². The first-order valence-electron chi connectivity index (χ1n) is 7.97. The topological polar surface area (TPSA) is 46.3 Å². The largest absolute Gasteiger partial charge is 0.448 e. The monoisotopic (exact) mass is 298 g/mol. The van der Waals surface area contributed by atoms with E-state index in [0.717, 1.165) is 32.4 Å². The molecule has 0 aliphatic carbocycles. The first kappa shape index (κ1) is 14.8. The summed E-state index contributed by atoms with van der Waals surface area (Å²) in [6.07, 6.45) is 5.83. The van der Waals surface area contributed by atoms with Gasteiger partial charge in [-0.25, -0.2) is 4.98 Å². The van der Waals surface area contributed by atoms with Crippen LogP contribution in [0.5, 0.6) is 0 Å². The average molecular weight is 298 g/mol. The highest BCUT2D eigenvalue weighted by molar-refractivity contribution is 5.93. The lowest BCUT2D eigenvalue weighted by Crippen LogP contribution is -2.39. The summed E-state index contributed by atoms with van der Waals surface area (Å²) in [7, 11) is 0. The Kier molecular flexibility index (Phi) is 4.56. The Bertz CT molecular complexity index is 613. The lowest BCUT2D eigenvalue weighted by molar-refractivity contribution is 0.0680. The van der Waals surface area contributed by atoms with Crippen molar-refractivity contribution in [3.05, 3.63) is 53.7 Å². The molecule has 4 nitrogen and oxygen atoms in total. The molecule has 0 radical (unpaired) electrons. The molecule has 0 saturated carbocycles. The zero-order chi connectivity index (χ0) is 15.4. The van der Waals surface area contributed by atoms with E-state index in [1.807, 2.05) is 4.90 Å². The van der Waals surface area contributed by atoms with Crippen LogP contribution in [0.3, 0.4) is 0 Å². The minimum absolute atomic E-state index is 0.00718. The van der Waals surface area contributed by atoms with Crippen molar-refractivity contribution in [1.82, 2.24) is 9.88 Å². The standard InChI is InChI=1S/C18H22N2O2/c1-14-17(19-13-22-14)18(21)20-11-9-16(10-12-20)8-7-15-5-3-2-4-6-15/h2-6,13,16H,7-12H2,1H3. The number of nitrogens with zero attached hydrogens (tertiary/aromatic N) is 2. The lowest BCUT2D eigenvalue weighted by atomic mass is 9.90. The van der Waals surface area contributed by atoms with Crippen molar-refractivity contribution in [3.63, 3.8) is 0 Å². The molecule has 0 unspecified atom stereocenters. The fourth-order valence-electron chi connectivity index (χ4n) is 3.10. The Balaban J connectivity index is 1.48. The molecule has 1 aromatic heterocycles. The second-order valence-electron chi connectivity index (χ2n) is 6.02. The van der Waals surface area contributed by atoms with Crippen LogP contribution in [0.4, 0.5) is 0 Å². The van der Waals surface area contributed by atoms with Crippen LogP contribution in [0.15, 0.2) is 41.1 Å². The minimum atomic E-state index is 0.00718. The van der Waals surface area contributed by atoms with Crippen LogP contribution in [0.1, 0.15) is 41.1 Å². The second-order valence-corrected chi connectivity index (χ2v) is 6.02. The number of piperidine rings is 1. The summed E-state index contributed by atoms with van der Waals surface area (Å²) in [6.45, 7) is 3.43. The van der Waals surface area contributed by atoms with E-state index in [-0.39, 0.29) is 5.91 Å². The molecule has 0 N–H and O–H groups in total. The molecule has 1 aliphatic heterocycles. The van der Waals surface area contributed by atoms with Crippen LogP contribution < -0.4 is 0 Å². The Morgan fingerprint density at radius 2 is 2.00 bits per heavy atom. The summed E-state index contributed by atoms with van der Waals surface area (Å²) < 4.78 is 5.13. The molecule has 0 spiro atoms. The summed E-state index contributed by atoms with van der Waals surface area (Å²) >= 11 is 0. The number of amides is 1. The molecule has 1 aliphatic rings. The highest BCUT2D eigenvalue weighted by Gasteiger charge is 2.26. The molecule has 1 aromatic carbocycles. The summed E-state index contributed by atoms with van der Waals surface area (Å²) in [4.78, 5) is 18.3. The maximum Gasteiger partial charge on any atom is 0.276 e. The third-order valence-corrected chi connectivity index (χ3v) is 4.53. The third-order valence-electron chi connectivity index (χ3n) is 4.53. The van der Waals surface area contributed by atoms with Crippen LogP contribution in [0.2, 0.25) is 0 Å². The first-order valence-corrected chi connectivity index (χ1v) is 7.97. The molecule has 2 heterocycles. The first-order chi connectivity index (χ1) is 10.7. The SMILES string of the molecule is Cc1ocnc1C(=O)N1CCC(CCc2ccccc2)CC1. The molecule has 1 fully saturated rings. The fraction of sp³-hybridized carbons (Fsp3) is 0.444. The number of aryl methyl sites for hydroxylation is 2. The van der Waals surface area contributed by atoms with E-state index in [0.29, 0.717) is 17.4 Å². The number of carbonyl (C=O) groups is 1. The van der Waals surface area contributed by atoms with Crippen molar-refractivity contribution in [3.8, 4) is 0 Å². The quantitative estimate of drug-likeness (QED) is 0.868. The Morgan fingerprint density at radius 3 is 2.64 bits per heavy atom. The van der Waals surface area contributed by atoms with Crippen molar-refractivity contribution in [2.45, 2.75) is 32.6 Å². The number of benzene rings is 1. The van der Waals surface area contributed by atoms with Gasteiger partial charge in [0.05, 0.1) is 0 Å². The third kappa shape index (κ3) is 3.38. The van der Waals surface area contributed by atoms with Crippen LogP contribution >= 0.6 is 0 Å². The number of aromatic nitrogens is 1. The Morgan fingerprint density at radius 1 is 1.27 bits per heavy atom. The van der Waals surface area contributed by atoms with Gasteiger partial charge >= 0.3 is 0 Å². The summed E-state index contributed by atoms with van der Waals surface area (Å²) in [6, 6.07) is 10.6. The van der Waals surface area contributed by atoms with E-state index >= 15 is 0 Å². The van der Waals surface area contributed by atoms with Gasteiger partial charge in [-0.05, 0) is 44.1 Å². The van der Waals surface area contributed by atoms with Crippen LogP contribution in [-0.4, -0.2) is 28.9 Å². The highest BCUT2D eigenvalue weighted by Crippen LogP contribution is 2.23. The molecule has 2 aromatic rings. The van der Waals surface area contributed by atoms with Crippen LogP contribution in [0, 0.1) is 12.8 Å². The van der Waals surface area contributed by atoms with E-state index < -0.39 is 0 Å². The smallest absolute Gasteiger partial charge is 0.276 e. The fourth-order valence-corrected chi connectivity index (χ4v) is 3.10. The van der Waals surface area contributed by atoms with Crippen molar-refractivity contribution in [1.29, 1.82) is 0 Å². The van der Waals surface area contributed by atoms with E-state index in [1.165, 1.54) is 18.4 Å². The highest BCUT2D eigenvalue weighted by atomic mass is 16.3. The maximum absolute atomic E-state index is 12.4. The second kappa shape index (κ2) is 6.77. The molecular weight excluding hydrogens is 276 g/mol. The van der Waals surface area contributed by atoms with Crippen molar-refractivity contribution >= 4 is 5.91 Å². The molecule has 116 valence electrons. The number of oxazole rings is 1. The molecule has 1 amide bonds. The van der Waals surface area contributed by atoms with Gasteiger partial charge in [-0.15, -0.1) is 0 Å². The van der Waals surface area contributed by atoms with Crippen molar-refractivity contribution < 1.29 is 9.21 Å². The van der Waals surface area contributed by atoms with E-state index in [2.05, 4.69) is 35.3 Å². The van der Waals surface area contributed by atoms with Crippen molar-refractivity contribution in [2.24, 2.45) is 5.92 Å². The predicted molar refractivity (Wildman–Crippen MR) is 84.6 cm³/mol. The Hall–Kier alpha value is -2.10. The molecule has 0 bridgehead atoms. The van der Waals surface area contributed by atoms with Gasteiger partial charge < -0.3 is 9.32 Å². The van der Waals surface area contributed by atoms with Crippen molar-refractivity contribution in [2.75, 3.05) is 13.1 Å². The van der Waals surface area contributed by atoms with Crippen LogP contribution in [-0.2, 0) is 6.42 Å². The summed E-state index contributed by atoms with van der Waals surface area (Å²) in [5.41, 5.74) is 1.86. The molecule has 3 rings (SSSR count). The number of carbonyl (C=O) groups excluding carboxylic acids is 1. The molecule has 1 saturated heterocycles. The predicted octanol–water partition coefficient (Wildman–Crippen LogP) is 3.47. The molecular formula is C18H22N2O2. The van der Waals surface area contributed by atoms with Gasteiger partial charge in [-0.2, -0.15) is 0 Å². The average Bonchev–Trinajstić information content (AvgIpc) is 3.00. The van der Waals surface area contributed by atoms with Crippen LogP contribution in [0.25, 0.3) is 0 Å². The van der Waals surface area contributed by atoms with E-state index in [1.54, 1.807) is 6.92 Å². The van der Waals surface area contributed by atoms with Gasteiger partial charge in [-0.3, -0.25) is 4.79 Å². The number of rotatable bonds is 4. The minimum Gasteiger partial charge on any atom is -0.448 e. The van der Waals surface area contributed by atoms with Gasteiger partial charge in [-0.1, -0.05) is 30.3 Å². The van der Waals surface area contributed by atoms with Gasteiger partial charge in [0.25, 0.3) is 5.91 Å². The number of hydrogen-bond acceptors (Lipinski definition) is 3. The molecule has 22 heavy (non-hydrogen) atoms. The van der Waals surface area contributed by atoms with Gasteiger partial charge in [0.1, 0.15) is 5.76 Å². The van der Waals surface area contributed by atoms with Gasteiger partial charge in [0.2, 0.25) is 0 Å². The Labute approximate surface area is 131 Å². The normalized spacial score (nSPS) is 16.0. The lowest BCUT2D eigenvalue weighted by Gasteiger charge is -2.31. The zero-order valence-corrected chi connectivity index (χ0v) is 13.0. The number of likely N-dealkylation sites (tertiary alicyclic amines) is 1. The molecule has 4 heteroatoms.